The van der Waals surface area contributed by atoms with Gasteiger partial charge in [-0.3, -0.25) is 0 Å². The van der Waals surface area contributed by atoms with E-state index in [1.165, 1.54) is 0 Å². The summed E-state index contributed by atoms with van der Waals surface area (Å²) in [5, 5.41) is 17.3. The molecule has 1 aromatic heterocycles. The van der Waals surface area contributed by atoms with Crippen LogP contribution in [0.15, 0.2) is 16.8 Å². The van der Waals surface area contributed by atoms with Crippen LogP contribution in [0.2, 0.25) is 0 Å². The summed E-state index contributed by atoms with van der Waals surface area (Å²) in [5.41, 5.74) is 0.549. The Hall–Kier alpha value is -0.540. The van der Waals surface area contributed by atoms with Gasteiger partial charge in [-0.2, -0.15) is 11.3 Å². The zero-order chi connectivity index (χ0) is 9.73. The molecule has 1 rings (SSSR count). The molecule has 2 N–H and O–H groups in total. The third-order valence-electron chi connectivity index (χ3n) is 2.46. The predicted molar refractivity (Wildman–Crippen MR) is 58.3 cm³/mol. The van der Waals surface area contributed by atoms with Gasteiger partial charge in [-0.05, 0) is 24.3 Å². The Labute approximate surface area is 83.6 Å². The number of aliphatic hydroxyl groups is 1. The van der Waals surface area contributed by atoms with Crippen LogP contribution in [0, 0.1) is 0 Å². The van der Waals surface area contributed by atoms with Crippen LogP contribution in [0.25, 0.3) is 0 Å². The average Bonchev–Trinajstić information content (AvgIpc) is 2.67. The van der Waals surface area contributed by atoms with E-state index in [0.29, 0.717) is 6.54 Å². The fraction of sp³-hybridized carbons (Fsp3) is 0.600. The van der Waals surface area contributed by atoms with Crippen LogP contribution in [0.1, 0.15) is 26.7 Å². The molecule has 0 spiro atoms. The molecule has 0 fully saturated rings. The summed E-state index contributed by atoms with van der Waals surface area (Å²) in [7, 11) is 0. The van der Waals surface area contributed by atoms with Gasteiger partial charge >= 0.3 is 0 Å². The van der Waals surface area contributed by atoms with Crippen LogP contribution in [0.3, 0.4) is 0 Å². The van der Waals surface area contributed by atoms with Gasteiger partial charge in [0.1, 0.15) is 0 Å². The largest absolute Gasteiger partial charge is 0.388 e. The number of hydrogen-bond acceptors (Lipinski definition) is 3. The molecule has 0 radical (unpaired) electrons. The van der Waals surface area contributed by atoms with Crippen LogP contribution >= 0.6 is 11.3 Å². The van der Waals surface area contributed by atoms with Crippen molar-refractivity contribution in [1.29, 1.82) is 0 Å². The molecule has 0 bridgehead atoms. The van der Waals surface area contributed by atoms with Gasteiger partial charge in [-0.1, -0.05) is 13.8 Å². The Morgan fingerprint density at radius 3 is 2.62 bits per heavy atom. The maximum absolute atomic E-state index is 9.97. The molecule has 0 aliphatic heterocycles. The van der Waals surface area contributed by atoms with E-state index in [1.807, 2.05) is 30.7 Å². The van der Waals surface area contributed by atoms with E-state index in [1.54, 1.807) is 11.3 Å². The van der Waals surface area contributed by atoms with E-state index in [0.717, 1.165) is 18.5 Å². The Kier molecular flexibility index (Phi) is 3.75. The summed E-state index contributed by atoms with van der Waals surface area (Å²) < 4.78 is 0. The zero-order valence-electron chi connectivity index (χ0n) is 8.21. The SMILES string of the molecule is CCC(O)(CC)CNc1ccsc1. The van der Waals surface area contributed by atoms with E-state index in [4.69, 9.17) is 0 Å². The normalized spacial score (nSPS) is 11.6. The molecule has 0 atom stereocenters. The Morgan fingerprint density at radius 1 is 1.46 bits per heavy atom. The average molecular weight is 199 g/mol. The first-order chi connectivity index (χ1) is 6.20. The second kappa shape index (κ2) is 4.63. The van der Waals surface area contributed by atoms with Crippen LogP contribution in [0.4, 0.5) is 5.69 Å². The quantitative estimate of drug-likeness (QED) is 0.764. The molecule has 74 valence electrons. The van der Waals surface area contributed by atoms with Gasteiger partial charge in [-0.15, -0.1) is 0 Å². The topological polar surface area (TPSA) is 32.3 Å². The fourth-order valence-corrected chi connectivity index (χ4v) is 1.74. The monoisotopic (exact) mass is 199 g/mol. The first-order valence-electron chi connectivity index (χ1n) is 4.68. The van der Waals surface area contributed by atoms with Gasteiger partial charge in [-0.25, -0.2) is 0 Å². The lowest BCUT2D eigenvalue weighted by atomic mass is 9.98. The molecule has 3 heteroatoms. The van der Waals surface area contributed by atoms with Crippen molar-refractivity contribution in [3.05, 3.63) is 16.8 Å². The van der Waals surface area contributed by atoms with Gasteiger partial charge in [0.05, 0.1) is 5.60 Å². The zero-order valence-corrected chi connectivity index (χ0v) is 9.03. The van der Waals surface area contributed by atoms with Crippen molar-refractivity contribution in [1.82, 2.24) is 0 Å². The van der Waals surface area contributed by atoms with Crippen molar-refractivity contribution in [3.63, 3.8) is 0 Å². The molecular weight excluding hydrogens is 182 g/mol. The first kappa shape index (κ1) is 10.5. The maximum atomic E-state index is 9.97. The van der Waals surface area contributed by atoms with Crippen molar-refractivity contribution in [2.24, 2.45) is 0 Å². The standard InChI is InChI=1S/C10H17NOS/c1-3-10(12,4-2)8-11-9-5-6-13-7-9/h5-7,11-12H,3-4,8H2,1-2H3. The van der Waals surface area contributed by atoms with Crippen molar-refractivity contribution in [2.45, 2.75) is 32.3 Å². The molecule has 1 aromatic rings. The third-order valence-corrected chi connectivity index (χ3v) is 3.14. The molecule has 0 aliphatic rings. The molecule has 1 heterocycles. The van der Waals surface area contributed by atoms with Crippen molar-refractivity contribution < 1.29 is 5.11 Å². The fourth-order valence-electron chi connectivity index (χ4n) is 1.13. The molecule has 0 aromatic carbocycles. The molecule has 13 heavy (non-hydrogen) atoms. The van der Waals surface area contributed by atoms with Gasteiger partial charge in [0.15, 0.2) is 0 Å². The minimum atomic E-state index is -0.554. The number of nitrogens with one attached hydrogen (secondary N) is 1. The highest BCUT2D eigenvalue weighted by atomic mass is 32.1. The Balaban J connectivity index is 2.41. The van der Waals surface area contributed by atoms with Gasteiger partial charge in [0.25, 0.3) is 0 Å². The number of rotatable bonds is 5. The highest BCUT2D eigenvalue weighted by Gasteiger charge is 2.21. The molecule has 2 nitrogen and oxygen atoms in total. The van der Waals surface area contributed by atoms with E-state index in [-0.39, 0.29) is 0 Å². The number of hydrogen-bond donors (Lipinski definition) is 2. The van der Waals surface area contributed by atoms with E-state index >= 15 is 0 Å². The minimum Gasteiger partial charge on any atom is -0.388 e. The highest BCUT2D eigenvalue weighted by molar-refractivity contribution is 7.08. The first-order valence-corrected chi connectivity index (χ1v) is 5.63. The summed E-state index contributed by atoms with van der Waals surface area (Å²) in [6.45, 7) is 4.66. The van der Waals surface area contributed by atoms with Crippen LogP contribution in [-0.4, -0.2) is 17.3 Å². The van der Waals surface area contributed by atoms with Crippen molar-refractivity contribution >= 4 is 17.0 Å². The smallest absolute Gasteiger partial charge is 0.0814 e. The van der Waals surface area contributed by atoms with E-state index in [9.17, 15) is 5.11 Å². The van der Waals surface area contributed by atoms with Gasteiger partial charge < -0.3 is 10.4 Å². The summed E-state index contributed by atoms with van der Waals surface area (Å²) in [4.78, 5) is 0. The lowest BCUT2D eigenvalue weighted by Gasteiger charge is -2.25. The molecule has 0 amide bonds. The van der Waals surface area contributed by atoms with E-state index in [2.05, 4.69) is 5.32 Å². The molecule has 0 unspecified atom stereocenters. The minimum absolute atomic E-state index is 0.554. The molecule has 0 saturated carbocycles. The van der Waals surface area contributed by atoms with Gasteiger partial charge in [0, 0.05) is 17.6 Å². The summed E-state index contributed by atoms with van der Waals surface area (Å²) in [6, 6.07) is 2.02. The third kappa shape index (κ3) is 3.01. The summed E-state index contributed by atoms with van der Waals surface area (Å²) in [5.74, 6) is 0. The molecule has 0 saturated heterocycles. The van der Waals surface area contributed by atoms with Crippen LogP contribution in [0.5, 0.6) is 0 Å². The van der Waals surface area contributed by atoms with E-state index < -0.39 is 5.60 Å². The summed E-state index contributed by atoms with van der Waals surface area (Å²) in [6.07, 6.45) is 1.58. The Bertz CT molecular complexity index is 229. The molecular formula is C10H17NOS. The summed E-state index contributed by atoms with van der Waals surface area (Å²) >= 11 is 1.66. The molecule has 0 aliphatic carbocycles. The van der Waals surface area contributed by atoms with Crippen molar-refractivity contribution in [2.75, 3.05) is 11.9 Å². The second-order valence-corrected chi connectivity index (χ2v) is 4.08. The highest BCUT2D eigenvalue weighted by Crippen LogP contribution is 2.17. The Morgan fingerprint density at radius 2 is 2.15 bits per heavy atom. The number of anilines is 1. The predicted octanol–water partition coefficient (Wildman–Crippen LogP) is 2.71. The van der Waals surface area contributed by atoms with Crippen LogP contribution < -0.4 is 5.32 Å². The van der Waals surface area contributed by atoms with Gasteiger partial charge in [0.2, 0.25) is 0 Å². The second-order valence-electron chi connectivity index (χ2n) is 3.30. The maximum Gasteiger partial charge on any atom is 0.0814 e. The van der Waals surface area contributed by atoms with Crippen molar-refractivity contribution in [3.8, 4) is 0 Å². The number of thiophene rings is 1. The van der Waals surface area contributed by atoms with Crippen LogP contribution in [-0.2, 0) is 0 Å². The lowest BCUT2D eigenvalue weighted by molar-refractivity contribution is 0.0457. The lowest BCUT2D eigenvalue weighted by Crippen LogP contribution is -2.35.